The molecular formula is C14H17NOS2. The number of hydrogen-bond donors (Lipinski definition) is 1. The molecule has 2 aromatic rings. The van der Waals surface area contributed by atoms with E-state index in [1.807, 2.05) is 30.0 Å². The molecule has 1 heterocycles. The van der Waals surface area contributed by atoms with Crippen LogP contribution in [0.1, 0.15) is 4.88 Å². The largest absolute Gasteiger partial charge is 0.496 e. The van der Waals surface area contributed by atoms with Gasteiger partial charge in [-0.25, -0.2) is 0 Å². The van der Waals surface area contributed by atoms with Crippen LogP contribution >= 0.6 is 23.1 Å². The highest BCUT2D eigenvalue weighted by Gasteiger charge is 2.07. The van der Waals surface area contributed by atoms with Crippen LogP contribution in [0.25, 0.3) is 11.1 Å². The van der Waals surface area contributed by atoms with E-state index in [9.17, 15) is 0 Å². The fourth-order valence-corrected chi connectivity index (χ4v) is 3.52. The molecule has 18 heavy (non-hydrogen) atoms. The van der Waals surface area contributed by atoms with Gasteiger partial charge >= 0.3 is 0 Å². The van der Waals surface area contributed by atoms with Crippen molar-refractivity contribution in [3.8, 4) is 16.9 Å². The van der Waals surface area contributed by atoms with Gasteiger partial charge in [-0.05, 0) is 23.1 Å². The molecule has 0 amide bonds. The van der Waals surface area contributed by atoms with Gasteiger partial charge in [0.2, 0.25) is 0 Å². The van der Waals surface area contributed by atoms with Gasteiger partial charge in [0.05, 0.1) is 7.11 Å². The van der Waals surface area contributed by atoms with E-state index in [0.29, 0.717) is 0 Å². The molecule has 2 N–H and O–H groups in total. The third kappa shape index (κ3) is 3.28. The van der Waals surface area contributed by atoms with Crippen LogP contribution in [-0.2, 0) is 5.75 Å². The van der Waals surface area contributed by atoms with Crippen molar-refractivity contribution >= 4 is 23.1 Å². The van der Waals surface area contributed by atoms with Gasteiger partial charge in [-0.3, -0.25) is 0 Å². The van der Waals surface area contributed by atoms with Gasteiger partial charge in [0, 0.05) is 28.5 Å². The first-order valence-corrected chi connectivity index (χ1v) is 7.87. The number of thioether (sulfide) groups is 1. The third-order valence-corrected chi connectivity index (χ3v) is 4.74. The number of para-hydroxylation sites is 1. The first-order chi connectivity index (χ1) is 8.85. The summed E-state index contributed by atoms with van der Waals surface area (Å²) >= 11 is 3.68. The Bertz CT molecular complexity index is 496. The van der Waals surface area contributed by atoms with E-state index in [1.54, 1.807) is 18.4 Å². The quantitative estimate of drug-likeness (QED) is 0.820. The Kier molecular flexibility index (Phi) is 5.11. The Morgan fingerprint density at radius 2 is 2.17 bits per heavy atom. The maximum atomic E-state index is 5.49. The molecule has 0 spiro atoms. The lowest BCUT2D eigenvalue weighted by Crippen LogP contribution is -2.00. The summed E-state index contributed by atoms with van der Waals surface area (Å²) in [4.78, 5) is 1.38. The summed E-state index contributed by atoms with van der Waals surface area (Å²) in [6.45, 7) is 0.745. The van der Waals surface area contributed by atoms with Crippen LogP contribution in [0.3, 0.4) is 0 Å². The molecule has 0 unspecified atom stereocenters. The molecule has 96 valence electrons. The second-order valence-corrected chi connectivity index (χ2v) is 5.94. The molecule has 0 aliphatic rings. The van der Waals surface area contributed by atoms with Crippen molar-refractivity contribution < 1.29 is 4.74 Å². The molecule has 0 radical (unpaired) electrons. The summed E-state index contributed by atoms with van der Waals surface area (Å²) in [5, 5.41) is 2.19. The Morgan fingerprint density at radius 1 is 1.33 bits per heavy atom. The molecular weight excluding hydrogens is 262 g/mol. The predicted octanol–water partition coefficient (Wildman–Crippen LogP) is 3.62. The second kappa shape index (κ2) is 6.83. The zero-order chi connectivity index (χ0) is 12.8. The van der Waals surface area contributed by atoms with Crippen molar-refractivity contribution in [2.24, 2.45) is 5.73 Å². The SMILES string of the molecule is COc1ccccc1-c1csc(CSCCN)c1. The van der Waals surface area contributed by atoms with Gasteiger partial charge in [0.25, 0.3) is 0 Å². The van der Waals surface area contributed by atoms with Gasteiger partial charge in [-0.15, -0.1) is 11.3 Å². The van der Waals surface area contributed by atoms with Crippen LogP contribution < -0.4 is 10.5 Å². The topological polar surface area (TPSA) is 35.2 Å². The Balaban J connectivity index is 2.13. The minimum atomic E-state index is 0.745. The Hall–Kier alpha value is -0.970. The minimum Gasteiger partial charge on any atom is -0.496 e. The third-order valence-electron chi connectivity index (χ3n) is 2.58. The summed E-state index contributed by atoms with van der Waals surface area (Å²) in [7, 11) is 1.71. The summed E-state index contributed by atoms with van der Waals surface area (Å²) in [5.41, 5.74) is 7.89. The van der Waals surface area contributed by atoms with Gasteiger partial charge in [-0.1, -0.05) is 18.2 Å². The molecule has 0 fully saturated rings. The monoisotopic (exact) mass is 279 g/mol. The highest BCUT2D eigenvalue weighted by atomic mass is 32.2. The standard InChI is InChI=1S/C14H17NOS2/c1-16-14-5-3-2-4-13(14)11-8-12(18-9-11)10-17-7-6-15/h2-5,8-9H,6-7,10,15H2,1H3. The first kappa shape index (κ1) is 13.5. The van der Waals surface area contributed by atoms with Crippen molar-refractivity contribution in [1.29, 1.82) is 0 Å². The number of thiophene rings is 1. The molecule has 4 heteroatoms. The van der Waals surface area contributed by atoms with Crippen molar-refractivity contribution in [2.45, 2.75) is 5.75 Å². The molecule has 1 aromatic heterocycles. The summed E-state index contributed by atoms with van der Waals surface area (Å²) in [6.07, 6.45) is 0. The molecule has 0 bridgehead atoms. The summed E-state index contributed by atoms with van der Waals surface area (Å²) < 4.78 is 5.39. The molecule has 0 aliphatic heterocycles. The Labute approximate surface area is 116 Å². The average molecular weight is 279 g/mol. The zero-order valence-electron chi connectivity index (χ0n) is 10.4. The second-order valence-electron chi connectivity index (χ2n) is 3.84. The lowest BCUT2D eigenvalue weighted by Gasteiger charge is -2.05. The van der Waals surface area contributed by atoms with Crippen LogP contribution in [0.2, 0.25) is 0 Å². The molecule has 1 aromatic carbocycles. The normalized spacial score (nSPS) is 10.6. The summed E-state index contributed by atoms with van der Waals surface area (Å²) in [5.74, 6) is 2.98. The number of rotatable bonds is 6. The van der Waals surface area contributed by atoms with Crippen LogP contribution in [0.15, 0.2) is 35.7 Å². The predicted molar refractivity (Wildman–Crippen MR) is 81.5 cm³/mol. The summed E-state index contributed by atoms with van der Waals surface area (Å²) in [6, 6.07) is 10.4. The fourth-order valence-electron chi connectivity index (χ4n) is 1.74. The molecule has 0 saturated carbocycles. The maximum Gasteiger partial charge on any atom is 0.126 e. The zero-order valence-corrected chi connectivity index (χ0v) is 12.0. The van der Waals surface area contributed by atoms with E-state index < -0.39 is 0 Å². The van der Waals surface area contributed by atoms with Crippen molar-refractivity contribution in [1.82, 2.24) is 0 Å². The minimum absolute atomic E-state index is 0.745. The molecule has 2 nitrogen and oxygen atoms in total. The van der Waals surface area contributed by atoms with E-state index in [2.05, 4.69) is 17.5 Å². The van der Waals surface area contributed by atoms with Crippen molar-refractivity contribution in [2.75, 3.05) is 19.4 Å². The average Bonchev–Trinajstić information content (AvgIpc) is 2.88. The number of hydrogen-bond acceptors (Lipinski definition) is 4. The molecule has 0 aliphatic carbocycles. The fraction of sp³-hybridized carbons (Fsp3) is 0.286. The van der Waals surface area contributed by atoms with Crippen LogP contribution in [0.4, 0.5) is 0 Å². The smallest absolute Gasteiger partial charge is 0.126 e. The maximum absolute atomic E-state index is 5.49. The van der Waals surface area contributed by atoms with Crippen LogP contribution in [0, 0.1) is 0 Å². The highest BCUT2D eigenvalue weighted by molar-refractivity contribution is 7.98. The molecule has 0 atom stereocenters. The van der Waals surface area contributed by atoms with E-state index in [-0.39, 0.29) is 0 Å². The molecule has 0 saturated heterocycles. The van der Waals surface area contributed by atoms with Gasteiger partial charge in [0.15, 0.2) is 0 Å². The van der Waals surface area contributed by atoms with Crippen LogP contribution in [-0.4, -0.2) is 19.4 Å². The van der Waals surface area contributed by atoms with Gasteiger partial charge in [-0.2, -0.15) is 11.8 Å². The molecule has 2 rings (SSSR count). The number of ether oxygens (including phenoxy) is 1. The lowest BCUT2D eigenvalue weighted by molar-refractivity contribution is 0.416. The van der Waals surface area contributed by atoms with Gasteiger partial charge in [0.1, 0.15) is 5.75 Å². The van der Waals surface area contributed by atoms with Crippen molar-refractivity contribution in [3.05, 3.63) is 40.6 Å². The van der Waals surface area contributed by atoms with E-state index in [0.717, 1.165) is 29.4 Å². The number of benzene rings is 1. The first-order valence-electron chi connectivity index (χ1n) is 5.83. The van der Waals surface area contributed by atoms with Crippen LogP contribution in [0.5, 0.6) is 5.75 Å². The van der Waals surface area contributed by atoms with E-state index >= 15 is 0 Å². The number of nitrogens with two attached hydrogens (primary N) is 1. The van der Waals surface area contributed by atoms with Crippen molar-refractivity contribution in [3.63, 3.8) is 0 Å². The lowest BCUT2D eigenvalue weighted by atomic mass is 10.1. The van der Waals surface area contributed by atoms with E-state index in [1.165, 1.54) is 10.4 Å². The Morgan fingerprint density at radius 3 is 2.94 bits per heavy atom. The van der Waals surface area contributed by atoms with Gasteiger partial charge < -0.3 is 10.5 Å². The van der Waals surface area contributed by atoms with E-state index in [4.69, 9.17) is 10.5 Å². The highest BCUT2D eigenvalue weighted by Crippen LogP contribution is 2.33. The number of methoxy groups -OCH3 is 1.